The summed E-state index contributed by atoms with van der Waals surface area (Å²) in [6.45, 7) is 0. The van der Waals surface area contributed by atoms with E-state index in [2.05, 4.69) is 39.6 Å². The summed E-state index contributed by atoms with van der Waals surface area (Å²) in [5.41, 5.74) is 2.32. The Labute approximate surface area is 121 Å². The maximum absolute atomic E-state index is 9.16. The minimum atomic E-state index is -3.72. The molecule has 6 heteroatoms. The zero-order chi connectivity index (χ0) is 14.3. The molecule has 0 heterocycles. The molecule has 0 spiro atoms. The predicted molar refractivity (Wildman–Crippen MR) is 79.1 cm³/mol. The van der Waals surface area contributed by atoms with Crippen molar-refractivity contribution in [2.24, 2.45) is 0 Å². The normalized spacial score (nSPS) is 10.3. The van der Waals surface area contributed by atoms with Gasteiger partial charge in [-0.15, -0.1) is 0 Å². The van der Waals surface area contributed by atoms with Crippen molar-refractivity contribution < 1.29 is 13.2 Å². The maximum atomic E-state index is 9.16. The summed E-state index contributed by atoms with van der Waals surface area (Å²) >= 11 is 0. The average molecular weight is 319 g/mol. The Morgan fingerprint density at radius 1 is 0.895 bits per heavy atom. The second-order valence-corrected chi connectivity index (χ2v) is 7.11. The van der Waals surface area contributed by atoms with Crippen LogP contribution in [0.5, 0.6) is 5.75 Å². The zero-order valence-corrected chi connectivity index (χ0v) is 12.4. The highest BCUT2D eigenvalue weighted by atomic mass is 36.0. The van der Waals surface area contributed by atoms with Gasteiger partial charge in [0, 0.05) is 26.9 Å². The summed E-state index contributed by atoms with van der Waals surface area (Å²) in [6.07, 6.45) is 0. The molecule has 0 aliphatic rings. The van der Waals surface area contributed by atoms with E-state index in [0.29, 0.717) is 0 Å². The third kappa shape index (κ3) is 6.47. The van der Waals surface area contributed by atoms with Gasteiger partial charge in [-0.3, -0.25) is 0 Å². The number of para-hydroxylation sites is 1. The summed E-state index contributed by atoms with van der Waals surface area (Å²) in [6, 6.07) is 18.3. The van der Waals surface area contributed by atoms with Gasteiger partial charge in [-0.2, -0.15) is 8.42 Å². The molecule has 2 aromatic rings. The van der Waals surface area contributed by atoms with E-state index in [9.17, 15) is 0 Å². The Morgan fingerprint density at radius 2 is 1.37 bits per heavy atom. The Balaban J connectivity index is 0.000000312. The molecule has 102 valence electrons. The molecule has 0 amide bonds. The molecule has 0 fully saturated rings. The van der Waals surface area contributed by atoms with Gasteiger partial charge in [0.1, 0.15) is 5.75 Å². The maximum Gasteiger partial charge on any atom is 0.317 e. The fourth-order valence-corrected chi connectivity index (χ4v) is 1.50. The van der Waals surface area contributed by atoms with Crippen molar-refractivity contribution in [2.75, 3.05) is 7.11 Å². The van der Waals surface area contributed by atoms with Crippen molar-refractivity contribution in [3.8, 4) is 16.9 Å². The minimum absolute atomic E-state index is 0.915. The van der Waals surface area contributed by atoms with Crippen molar-refractivity contribution in [1.82, 2.24) is 0 Å². The standard InChI is InChI=1S/C13H12O.Cl2O2S/c1-14-13-10-6-5-9-12(13)11-7-3-2-4-8-11;1-5(2,3)4/h2-10H,1H3;. The predicted octanol–water partition coefficient (Wildman–Crippen LogP) is 4.07. The van der Waals surface area contributed by atoms with Crippen molar-refractivity contribution in [3.05, 3.63) is 54.6 Å². The van der Waals surface area contributed by atoms with E-state index in [1.807, 2.05) is 36.4 Å². The van der Waals surface area contributed by atoms with Gasteiger partial charge < -0.3 is 4.74 Å². The zero-order valence-electron chi connectivity index (χ0n) is 10.1. The average Bonchev–Trinajstić information content (AvgIpc) is 2.38. The Hall–Kier alpha value is -1.23. The first-order valence-corrected chi connectivity index (χ1v) is 8.38. The van der Waals surface area contributed by atoms with Gasteiger partial charge in [-0.1, -0.05) is 48.5 Å². The first kappa shape index (κ1) is 15.8. The Kier molecular flexibility index (Phi) is 6.15. The summed E-state index contributed by atoms with van der Waals surface area (Å²) in [4.78, 5) is 0. The fourth-order valence-electron chi connectivity index (χ4n) is 1.50. The van der Waals surface area contributed by atoms with Gasteiger partial charge in [-0.05, 0) is 11.6 Å². The number of methoxy groups -OCH3 is 1. The summed E-state index contributed by atoms with van der Waals surface area (Å²) in [5, 5.41) is 0. The molecule has 2 aromatic carbocycles. The highest BCUT2D eigenvalue weighted by molar-refractivity contribution is 8.31. The lowest BCUT2D eigenvalue weighted by atomic mass is 10.1. The highest BCUT2D eigenvalue weighted by Gasteiger charge is 2.02. The second kappa shape index (κ2) is 7.38. The summed E-state index contributed by atoms with van der Waals surface area (Å²) < 4.78 is 23.6. The minimum Gasteiger partial charge on any atom is -0.496 e. The first-order chi connectivity index (χ1) is 8.92. The lowest BCUT2D eigenvalue weighted by Gasteiger charge is -2.07. The van der Waals surface area contributed by atoms with Crippen LogP contribution in [0, 0.1) is 0 Å². The van der Waals surface area contributed by atoms with E-state index in [0.717, 1.165) is 11.3 Å². The molecule has 0 aliphatic heterocycles. The number of ether oxygens (including phenoxy) is 1. The van der Waals surface area contributed by atoms with E-state index in [1.165, 1.54) is 5.56 Å². The third-order valence-corrected chi connectivity index (χ3v) is 2.19. The summed E-state index contributed by atoms with van der Waals surface area (Å²) in [5.74, 6) is 0.915. The molecule has 3 nitrogen and oxygen atoms in total. The highest BCUT2D eigenvalue weighted by Crippen LogP contribution is 2.28. The smallest absolute Gasteiger partial charge is 0.317 e. The van der Waals surface area contributed by atoms with E-state index in [-0.39, 0.29) is 0 Å². The van der Waals surface area contributed by atoms with Crippen LogP contribution in [0.4, 0.5) is 0 Å². The fraction of sp³-hybridized carbons (Fsp3) is 0.0769. The second-order valence-electron chi connectivity index (χ2n) is 3.44. The van der Waals surface area contributed by atoms with Crippen LogP contribution in [0.2, 0.25) is 0 Å². The molecule has 0 aromatic heterocycles. The third-order valence-electron chi connectivity index (χ3n) is 2.19. The van der Waals surface area contributed by atoms with Crippen LogP contribution in [0.3, 0.4) is 0 Å². The number of rotatable bonds is 2. The number of hydrogen-bond donors (Lipinski definition) is 0. The quantitative estimate of drug-likeness (QED) is 0.784. The molecule has 2 rings (SSSR count). The van der Waals surface area contributed by atoms with E-state index in [1.54, 1.807) is 7.11 Å². The van der Waals surface area contributed by atoms with Crippen molar-refractivity contribution in [3.63, 3.8) is 0 Å². The topological polar surface area (TPSA) is 43.4 Å². The van der Waals surface area contributed by atoms with Crippen LogP contribution in [0.1, 0.15) is 0 Å². The van der Waals surface area contributed by atoms with Crippen molar-refractivity contribution in [1.29, 1.82) is 0 Å². The van der Waals surface area contributed by atoms with Crippen molar-refractivity contribution >= 4 is 29.6 Å². The number of hydrogen-bond acceptors (Lipinski definition) is 3. The molecule has 0 radical (unpaired) electrons. The lowest BCUT2D eigenvalue weighted by molar-refractivity contribution is 0.416. The van der Waals surface area contributed by atoms with Crippen LogP contribution in [-0.2, 0) is 8.26 Å². The van der Waals surface area contributed by atoms with Crippen molar-refractivity contribution in [2.45, 2.75) is 0 Å². The molecule has 0 N–H and O–H groups in total. The summed E-state index contributed by atoms with van der Waals surface area (Å²) in [7, 11) is 6.51. The SMILES string of the molecule is COc1ccccc1-c1ccccc1.O=S(=O)(Cl)Cl. The molecule has 19 heavy (non-hydrogen) atoms. The lowest BCUT2D eigenvalue weighted by Crippen LogP contribution is -1.86. The van der Waals surface area contributed by atoms with Crippen LogP contribution in [0.15, 0.2) is 54.6 Å². The molecular formula is C13H12Cl2O3S. The Morgan fingerprint density at radius 3 is 1.89 bits per heavy atom. The molecule has 0 bridgehead atoms. The molecular weight excluding hydrogens is 307 g/mol. The van der Waals surface area contributed by atoms with Gasteiger partial charge in [0.05, 0.1) is 7.11 Å². The van der Waals surface area contributed by atoms with E-state index < -0.39 is 8.26 Å². The molecule has 0 atom stereocenters. The van der Waals surface area contributed by atoms with Crippen LogP contribution in [-0.4, -0.2) is 15.5 Å². The Bertz CT molecular complexity index is 605. The molecule has 0 saturated carbocycles. The van der Waals surface area contributed by atoms with Crippen LogP contribution < -0.4 is 4.74 Å². The molecule has 0 aliphatic carbocycles. The van der Waals surface area contributed by atoms with Gasteiger partial charge >= 0.3 is 8.26 Å². The van der Waals surface area contributed by atoms with E-state index >= 15 is 0 Å². The van der Waals surface area contributed by atoms with E-state index in [4.69, 9.17) is 13.2 Å². The van der Waals surface area contributed by atoms with Gasteiger partial charge in [-0.25, -0.2) is 0 Å². The number of benzene rings is 2. The van der Waals surface area contributed by atoms with Gasteiger partial charge in [0.2, 0.25) is 0 Å². The van der Waals surface area contributed by atoms with Gasteiger partial charge in [0.25, 0.3) is 0 Å². The number of halogens is 2. The van der Waals surface area contributed by atoms with Gasteiger partial charge in [0.15, 0.2) is 0 Å². The molecule has 0 unspecified atom stereocenters. The van der Waals surface area contributed by atoms with Crippen LogP contribution in [0.25, 0.3) is 11.1 Å². The monoisotopic (exact) mass is 318 g/mol. The first-order valence-electron chi connectivity index (χ1n) is 5.24. The van der Waals surface area contributed by atoms with Crippen LogP contribution >= 0.6 is 21.4 Å². The molecule has 0 saturated heterocycles. The largest absolute Gasteiger partial charge is 0.496 e.